The van der Waals surface area contributed by atoms with Gasteiger partial charge in [0.2, 0.25) is 0 Å². The van der Waals surface area contributed by atoms with E-state index in [0.717, 1.165) is 55.7 Å². The molecule has 2 aliphatic heterocycles. The van der Waals surface area contributed by atoms with Gasteiger partial charge in [-0.3, -0.25) is 19.1 Å². The Kier molecular flexibility index (Phi) is 7.54. The van der Waals surface area contributed by atoms with Gasteiger partial charge in [-0.05, 0) is 43.4 Å². The normalized spacial score (nSPS) is 17.1. The summed E-state index contributed by atoms with van der Waals surface area (Å²) in [5, 5.41) is 9.79. The van der Waals surface area contributed by atoms with Crippen molar-refractivity contribution in [3.05, 3.63) is 67.8 Å². The number of hydrogen-bond donors (Lipinski definition) is 0. The number of thioether (sulfide) groups is 1. The van der Waals surface area contributed by atoms with E-state index in [1.807, 2.05) is 36.4 Å². The molecule has 2 aliphatic rings. The largest absolute Gasteiger partial charge is 0.357 e. The predicted molar refractivity (Wildman–Crippen MR) is 142 cm³/mol. The number of rotatable bonds is 7. The third-order valence-corrected chi connectivity index (χ3v) is 7.70. The van der Waals surface area contributed by atoms with E-state index < -0.39 is 0 Å². The van der Waals surface area contributed by atoms with Crippen molar-refractivity contribution in [2.24, 2.45) is 0 Å². The first-order valence-electron chi connectivity index (χ1n) is 11.7. The summed E-state index contributed by atoms with van der Waals surface area (Å²) in [6.07, 6.45) is 5.73. The van der Waals surface area contributed by atoms with E-state index in [4.69, 9.17) is 12.2 Å². The van der Waals surface area contributed by atoms with Gasteiger partial charge in [0.25, 0.3) is 11.5 Å². The summed E-state index contributed by atoms with van der Waals surface area (Å²) in [5.41, 5.74) is 2.30. The lowest BCUT2D eigenvalue weighted by atomic mass is 10.0. The number of nitrogens with zero attached hydrogens (tertiary/aromatic N) is 4. The molecule has 1 aromatic heterocycles. The van der Waals surface area contributed by atoms with Crippen LogP contribution in [0.1, 0.15) is 54.9 Å². The van der Waals surface area contributed by atoms with Gasteiger partial charge in [0.1, 0.15) is 21.8 Å². The number of pyridine rings is 1. The van der Waals surface area contributed by atoms with Gasteiger partial charge in [-0.15, -0.1) is 0 Å². The Bertz CT molecular complexity index is 1240. The Morgan fingerprint density at radius 2 is 1.88 bits per heavy atom. The average molecular weight is 493 g/mol. The summed E-state index contributed by atoms with van der Waals surface area (Å²) in [7, 11) is 0. The maximum atomic E-state index is 13.3. The van der Waals surface area contributed by atoms with E-state index in [-0.39, 0.29) is 17.0 Å². The Hall–Kier alpha value is -2.89. The number of unbranched alkanes of at least 4 members (excludes halogenated alkanes) is 1. The highest BCUT2D eigenvalue weighted by Gasteiger charge is 2.33. The number of thiocarbonyl (C=S) groups is 1. The molecule has 0 N–H and O–H groups in total. The lowest BCUT2D eigenvalue weighted by molar-refractivity contribution is -0.122. The Morgan fingerprint density at radius 1 is 1.18 bits per heavy atom. The lowest BCUT2D eigenvalue weighted by Gasteiger charge is -2.27. The van der Waals surface area contributed by atoms with Gasteiger partial charge in [-0.1, -0.05) is 67.7 Å². The van der Waals surface area contributed by atoms with Crippen molar-refractivity contribution in [2.45, 2.75) is 52.6 Å². The maximum absolute atomic E-state index is 13.3. The van der Waals surface area contributed by atoms with Crippen molar-refractivity contribution in [1.82, 2.24) is 9.47 Å². The van der Waals surface area contributed by atoms with Crippen molar-refractivity contribution in [2.75, 3.05) is 18.0 Å². The molecule has 8 heteroatoms. The zero-order valence-electron chi connectivity index (χ0n) is 19.5. The first kappa shape index (κ1) is 24.2. The van der Waals surface area contributed by atoms with Gasteiger partial charge in [0, 0.05) is 25.2 Å². The summed E-state index contributed by atoms with van der Waals surface area (Å²) < 4.78 is 2.26. The molecule has 0 unspecified atom stereocenters. The fraction of sp³-hybridized carbons (Fsp3) is 0.385. The first-order valence-corrected chi connectivity index (χ1v) is 12.9. The number of carbonyl (C=O) groups excluding carboxylic acids is 1. The average Bonchev–Trinajstić information content (AvgIpc) is 3.45. The van der Waals surface area contributed by atoms with Crippen molar-refractivity contribution in [3.63, 3.8) is 0 Å². The fourth-order valence-electron chi connectivity index (χ4n) is 4.47. The minimum Gasteiger partial charge on any atom is -0.357 e. The van der Waals surface area contributed by atoms with Crippen LogP contribution < -0.4 is 10.5 Å². The van der Waals surface area contributed by atoms with E-state index in [2.05, 4.69) is 17.9 Å². The summed E-state index contributed by atoms with van der Waals surface area (Å²) >= 11 is 6.82. The van der Waals surface area contributed by atoms with Crippen LogP contribution in [0.4, 0.5) is 5.82 Å². The van der Waals surface area contributed by atoms with E-state index >= 15 is 0 Å². The number of amides is 1. The van der Waals surface area contributed by atoms with Gasteiger partial charge < -0.3 is 4.90 Å². The minimum absolute atomic E-state index is 0.143. The molecule has 2 aromatic rings. The second-order valence-electron chi connectivity index (χ2n) is 8.61. The summed E-state index contributed by atoms with van der Waals surface area (Å²) in [6, 6.07) is 11.9. The summed E-state index contributed by atoms with van der Waals surface area (Å²) in [5.74, 6) is 0.677. The third-order valence-electron chi connectivity index (χ3n) is 6.32. The second kappa shape index (κ2) is 10.6. The topological polar surface area (TPSA) is 69.3 Å². The van der Waals surface area contributed by atoms with Crippen LogP contribution in [-0.2, 0) is 17.9 Å². The molecule has 1 aromatic carbocycles. The van der Waals surface area contributed by atoms with Gasteiger partial charge in [0.15, 0.2) is 0 Å². The lowest BCUT2D eigenvalue weighted by Crippen LogP contribution is -2.33. The Balaban J connectivity index is 1.81. The van der Waals surface area contributed by atoms with Crippen LogP contribution in [0.5, 0.6) is 0 Å². The molecule has 2 fully saturated rings. The Labute approximate surface area is 209 Å². The molecule has 176 valence electrons. The van der Waals surface area contributed by atoms with E-state index in [1.165, 1.54) is 11.8 Å². The minimum atomic E-state index is -0.246. The van der Waals surface area contributed by atoms with Crippen LogP contribution in [0.15, 0.2) is 40.0 Å². The molecule has 6 nitrogen and oxygen atoms in total. The fourth-order valence-corrected chi connectivity index (χ4v) is 5.71. The number of aromatic nitrogens is 1. The highest BCUT2D eigenvalue weighted by atomic mass is 32.2. The molecular formula is C26H28N4O2S2. The molecule has 1 amide bonds. The molecule has 0 radical (unpaired) electrons. The van der Waals surface area contributed by atoms with Crippen LogP contribution in [-0.4, -0.2) is 32.8 Å². The van der Waals surface area contributed by atoms with Crippen LogP contribution in [0.2, 0.25) is 0 Å². The van der Waals surface area contributed by atoms with Crippen LogP contribution in [0.25, 0.3) is 6.08 Å². The monoisotopic (exact) mass is 492 g/mol. The van der Waals surface area contributed by atoms with E-state index in [0.29, 0.717) is 27.9 Å². The molecule has 0 aliphatic carbocycles. The molecule has 0 atom stereocenters. The van der Waals surface area contributed by atoms with E-state index in [9.17, 15) is 14.9 Å². The second-order valence-corrected chi connectivity index (χ2v) is 10.3. The number of nitriles is 1. The molecule has 0 bridgehead atoms. The van der Waals surface area contributed by atoms with Crippen LogP contribution in [0.3, 0.4) is 0 Å². The van der Waals surface area contributed by atoms with Crippen molar-refractivity contribution in [1.29, 1.82) is 5.26 Å². The van der Waals surface area contributed by atoms with Crippen molar-refractivity contribution >= 4 is 46.1 Å². The van der Waals surface area contributed by atoms with Crippen LogP contribution in [0, 0.1) is 18.3 Å². The smallest absolute Gasteiger partial charge is 0.270 e. The third kappa shape index (κ3) is 4.68. The quantitative estimate of drug-likeness (QED) is 0.407. The van der Waals surface area contributed by atoms with Crippen LogP contribution >= 0.6 is 24.0 Å². The van der Waals surface area contributed by atoms with Crippen molar-refractivity contribution in [3.8, 4) is 6.07 Å². The van der Waals surface area contributed by atoms with Crippen molar-refractivity contribution < 1.29 is 4.79 Å². The number of hydrogen-bond acceptors (Lipinski definition) is 6. The summed E-state index contributed by atoms with van der Waals surface area (Å²) in [6.45, 7) is 6.56. The molecule has 0 saturated carbocycles. The molecular weight excluding hydrogens is 464 g/mol. The maximum Gasteiger partial charge on any atom is 0.270 e. The van der Waals surface area contributed by atoms with E-state index in [1.54, 1.807) is 16.4 Å². The SMILES string of the molecule is CCCCn1c(N2CCCC2)c(/C=C2/SC(=S)N(Cc3ccccc3)C2=O)c(C)c(C#N)c1=O. The summed E-state index contributed by atoms with van der Waals surface area (Å²) in [4.78, 5) is 31.0. The standard InChI is InChI=1S/C26H28N4O2S2/c1-3-4-14-29-23(28-12-8-9-13-28)20(18(2)21(16-27)24(29)31)15-22-25(32)30(26(33)34-22)17-19-10-6-5-7-11-19/h5-7,10-11,15H,3-4,8-9,12-14,17H2,1-2H3/b22-15+. The number of anilines is 1. The molecule has 3 heterocycles. The van der Waals surface area contributed by atoms with Gasteiger partial charge in [-0.2, -0.15) is 5.26 Å². The molecule has 34 heavy (non-hydrogen) atoms. The number of benzene rings is 1. The molecule has 0 spiro atoms. The zero-order chi connectivity index (χ0) is 24.2. The van der Waals surface area contributed by atoms with Gasteiger partial charge in [-0.25, -0.2) is 0 Å². The predicted octanol–water partition coefficient (Wildman–Crippen LogP) is 4.83. The highest BCUT2D eigenvalue weighted by Crippen LogP contribution is 2.37. The first-order chi connectivity index (χ1) is 16.5. The highest BCUT2D eigenvalue weighted by molar-refractivity contribution is 8.26. The Morgan fingerprint density at radius 3 is 2.53 bits per heavy atom. The van der Waals surface area contributed by atoms with Gasteiger partial charge in [0.05, 0.1) is 11.4 Å². The van der Waals surface area contributed by atoms with Gasteiger partial charge >= 0.3 is 0 Å². The molecule has 4 rings (SSSR count). The number of carbonyl (C=O) groups is 1. The zero-order valence-corrected chi connectivity index (χ0v) is 21.2. The molecule has 2 saturated heterocycles.